The zero-order chi connectivity index (χ0) is 26.2. The van der Waals surface area contributed by atoms with Crippen molar-refractivity contribution in [1.29, 1.82) is 0 Å². The summed E-state index contributed by atoms with van der Waals surface area (Å²) in [4.78, 5) is 43.8. The number of hydrogen-bond acceptors (Lipinski definition) is 5. The SMILES string of the molecule is CC(C)(C)OC(=O)NC(CC(=O)N1CCn2cc(C(=O)C3CC3)nc2C1)Cc1cc(F)c(F)cc1F. The minimum atomic E-state index is -1.33. The molecule has 0 spiro atoms. The van der Waals surface area contributed by atoms with E-state index in [9.17, 15) is 27.6 Å². The van der Waals surface area contributed by atoms with Gasteiger partial charge < -0.3 is 19.5 Å². The van der Waals surface area contributed by atoms with E-state index >= 15 is 0 Å². The van der Waals surface area contributed by atoms with Crippen LogP contribution < -0.4 is 5.32 Å². The Labute approximate surface area is 206 Å². The van der Waals surface area contributed by atoms with E-state index in [2.05, 4.69) is 10.3 Å². The third-order valence-corrected chi connectivity index (χ3v) is 6.05. The lowest BCUT2D eigenvalue weighted by atomic mass is 10.0. The van der Waals surface area contributed by atoms with Gasteiger partial charge >= 0.3 is 6.09 Å². The van der Waals surface area contributed by atoms with Crippen molar-refractivity contribution in [1.82, 2.24) is 19.8 Å². The number of ketones is 1. The summed E-state index contributed by atoms with van der Waals surface area (Å²) in [5.74, 6) is -3.24. The molecule has 1 N–H and O–H groups in total. The molecule has 2 aliphatic rings. The molecule has 1 aliphatic heterocycles. The average molecular weight is 507 g/mol. The van der Waals surface area contributed by atoms with Crippen molar-refractivity contribution in [3.63, 3.8) is 0 Å². The van der Waals surface area contributed by atoms with Crippen LogP contribution in [0, 0.1) is 23.4 Å². The summed E-state index contributed by atoms with van der Waals surface area (Å²) >= 11 is 0. The zero-order valence-electron chi connectivity index (χ0n) is 20.4. The highest BCUT2D eigenvalue weighted by molar-refractivity contribution is 5.97. The van der Waals surface area contributed by atoms with Crippen LogP contribution in [-0.2, 0) is 29.0 Å². The molecule has 1 aromatic carbocycles. The number of halogens is 3. The fraction of sp³-hybridized carbons (Fsp3) is 0.520. The number of carbonyl (C=O) groups excluding carboxylic acids is 3. The van der Waals surface area contributed by atoms with E-state index in [4.69, 9.17) is 4.74 Å². The van der Waals surface area contributed by atoms with Gasteiger partial charge in [0.1, 0.15) is 22.9 Å². The summed E-state index contributed by atoms with van der Waals surface area (Å²) in [5.41, 5.74) is -0.592. The number of amides is 2. The van der Waals surface area contributed by atoms with Crippen LogP contribution in [-0.4, -0.2) is 50.4 Å². The number of rotatable bonds is 7. The third-order valence-electron chi connectivity index (χ3n) is 6.05. The number of Topliss-reactive ketones (excluding diaryl/α,β-unsaturated/α-hetero) is 1. The number of nitrogens with one attached hydrogen (secondary N) is 1. The number of imidazole rings is 1. The second-order valence-electron chi connectivity index (χ2n) is 10.3. The number of hydrogen-bond donors (Lipinski definition) is 1. The molecular weight excluding hydrogens is 477 g/mol. The van der Waals surface area contributed by atoms with Gasteiger partial charge in [-0.05, 0) is 51.7 Å². The Balaban J connectivity index is 1.47. The van der Waals surface area contributed by atoms with Gasteiger partial charge in [0, 0.05) is 43.7 Å². The van der Waals surface area contributed by atoms with Crippen molar-refractivity contribution >= 4 is 17.8 Å². The summed E-state index contributed by atoms with van der Waals surface area (Å²) in [6.07, 6.45) is 2.16. The van der Waals surface area contributed by atoms with E-state index in [0.29, 0.717) is 30.7 Å². The lowest BCUT2D eigenvalue weighted by Crippen LogP contribution is -2.45. The van der Waals surface area contributed by atoms with Crippen LogP contribution in [0.2, 0.25) is 0 Å². The van der Waals surface area contributed by atoms with E-state index in [0.717, 1.165) is 18.9 Å². The quantitative estimate of drug-likeness (QED) is 0.456. The predicted octanol–water partition coefficient (Wildman–Crippen LogP) is 3.76. The van der Waals surface area contributed by atoms with Gasteiger partial charge in [-0.2, -0.15) is 0 Å². The number of alkyl carbamates (subject to hydrolysis) is 1. The molecule has 1 fully saturated rings. The van der Waals surface area contributed by atoms with Gasteiger partial charge in [0.2, 0.25) is 5.91 Å². The van der Waals surface area contributed by atoms with Crippen LogP contribution >= 0.6 is 0 Å². The molecule has 1 unspecified atom stereocenters. The Morgan fingerprint density at radius 1 is 1.11 bits per heavy atom. The molecule has 1 atom stereocenters. The normalized spacial score (nSPS) is 16.3. The van der Waals surface area contributed by atoms with E-state index in [1.165, 1.54) is 0 Å². The Kier molecular flexibility index (Phi) is 7.10. The first-order chi connectivity index (χ1) is 16.9. The first kappa shape index (κ1) is 25.7. The molecule has 1 aliphatic carbocycles. The Morgan fingerprint density at radius 3 is 2.47 bits per heavy atom. The standard InChI is InChI=1S/C25H29F3N4O4/c1-25(2,3)36-24(35)29-16(8-15-9-18(27)19(28)11-17(15)26)10-22(33)32-7-6-31-12-20(30-21(31)13-32)23(34)14-4-5-14/h9,11-12,14,16H,4-8,10,13H2,1-3H3,(H,29,35). The lowest BCUT2D eigenvalue weighted by Gasteiger charge is -2.30. The lowest BCUT2D eigenvalue weighted by molar-refractivity contribution is -0.133. The highest BCUT2D eigenvalue weighted by atomic mass is 19.2. The monoisotopic (exact) mass is 506 g/mol. The van der Waals surface area contributed by atoms with E-state index in [-0.39, 0.29) is 42.6 Å². The van der Waals surface area contributed by atoms with Crippen molar-refractivity contribution in [2.45, 2.75) is 71.2 Å². The maximum absolute atomic E-state index is 14.3. The van der Waals surface area contributed by atoms with Crippen molar-refractivity contribution in [2.24, 2.45) is 5.92 Å². The fourth-order valence-corrected chi connectivity index (χ4v) is 4.11. The maximum atomic E-state index is 14.3. The second kappa shape index (κ2) is 9.94. The van der Waals surface area contributed by atoms with Gasteiger partial charge in [-0.15, -0.1) is 0 Å². The minimum absolute atomic E-state index is 0.0185. The third kappa shape index (κ3) is 6.24. The number of aromatic nitrogens is 2. The van der Waals surface area contributed by atoms with Crippen LogP contribution in [0.3, 0.4) is 0 Å². The summed E-state index contributed by atoms with van der Waals surface area (Å²) in [6.45, 7) is 5.99. The van der Waals surface area contributed by atoms with Crippen LogP contribution in [0.1, 0.15) is 61.9 Å². The van der Waals surface area contributed by atoms with Gasteiger partial charge in [0.15, 0.2) is 17.4 Å². The Morgan fingerprint density at radius 2 is 1.81 bits per heavy atom. The molecule has 0 bridgehead atoms. The molecule has 1 aromatic heterocycles. The van der Waals surface area contributed by atoms with Crippen molar-refractivity contribution < 1.29 is 32.3 Å². The van der Waals surface area contributed by atoms with Crippen LogP contribution in [0.15, 0.2) is 18.3 Å². The average Bonchev–Trinajstić information content (AvgIpc) is 3.53. The van der Waals surface area contributed by atoms with Crippen LogP contribution in [0.25, 0.3) is 0 Å². The molecule has 4 rings (SSSR count). The molecule has 8 nitrogen and oxygen atoms in total. The Hall–Kier alpha value is -3.37. The smallest absolute Gasteiger partial charge is 0.407 e. The predicted molar refractivity (Wildman–Crippen MR) is 122 cm³/mol. The molecule has 0 radical (unpaired) electrons. The second-order valence-corrected chi connectivity index (χ2v) is 10.3. The molecular formula is C25H29F3N4O4. The van der Waals surface area contributed by atoms with Gasteiger partial charge in [0.25, 0.3) is 0 Å². The summed E-state index contributed by atoms with van der Waals surface area (Å²) in [5, 5.41) is 2.55. The highest BCUT2D eigenvalue weighted by Crippen LogP contribution is 2.32. The maximum Gasteiger partial charge on any atom is 0.407 e. The van der Waals surface area contributed by atoms with E-state index in [1.807, 2.05) is 4.57 Å². The molecule has 11 heteroatoms. The topological polar surface area (TPSA) is 93.5 Å². The molecule has 0 saturated heterocycles. The molecule has 36 heavy (non-hydrogen) atoms. The fourth-order valence-electron chi connectivity index (χ4n) is 4.11. The van der Waals surface area contributed by atoms with Crippen molar-refractivity contribution in [3.8, 4) is 0 Å². The Bertz CT molecular complexity index is 1190. The molecule has 194 valence electrons. The molecule has 1 saturated carbocycles. The van der Waals surface area contributed by atoms with Crippen molar-refractivity contribution in [3.05, 3.63) is 52.9 Å². The van der Waals surface area contributed by atoms with Gasteiger partial charge in [-0.25, -0.2) is 22.9 Å². The number of nitrogens with zero attached hydrogens (tertiary/aromatic N) is 3. The summed E-state index contributed by atoms with van der Waals surface area (Å²) in [7, 11) is 0. The van der Waals surface area contributed by atoms with Gasteiger partial charge in [-0.3, -0.25) is 9.59 Å². The number of carbonyl (C=O) groups is 3. The number of fused-ring (bicyclic) bond motifs is 1. The summed E-state index contributed by atoms with van der Waals surface area (Å²) < 4.78 is 48.5. The van der Waals surface area contributed by atoms with Gasteiger partial charge in [-0.1, -0.05) is 0 Å². The van der Waals surface area contributed by atoms with E-state index in [1.54, 1.807) is 31.9 Å². The van der Waals surface area contributed by atoms with E-state index < -0.39 is 35.2 Å². The molecule has 2 heterocycles. The first-order valence-electron chi connectivity index (χ1n) is 11.9. The highest BCUT2D eigenvalue weighted by Gasteiger charge is 2.34. The van der Waals surface area contributed by atoms with Crippen LogP contribution in [0.4, 0.5) is 18.0 Å². The van der Waals surface area contributed by atoms with Crippen molar-refractivity contribution in [2.75, 3.05) is 6.54 Å². The minimum Gasteiger partial charge on any atom is -0.444 e. The van der Waals surface area contributed by atoms with Crippen LogP contribution in [0.5, 0.6) is 0 Å². The number of ether oxygens (including phenoxy) is 1. The number of benzene rings is 1. The van der Waals surface area contributed by atoms with Gasteiger partial charge in [0.05, 0.1) is 6.54 Å². The summed E-state index contributed by atoms with van der Waals surface area (Å²) in [6, 6.07) is 0.206. The molecule has 2 amide bonds. The molecule has 2 aromatic rings. The largest absolute Gasteiger partial charge is 0.444 e. The first-order valence-corrected chi connectivity index (χ1v) is 11.9. The zero-order valence-corrected chi connectivity index (χ0v) is 20.4.